The molecule has 1 heterocycles. The number of aromatic nitrogens is 2. The number of nitrogens with one attached hydrogen (secondary N) is 1. The van der Waals surface area contributed by atoms with Gasteiger partial charge in [0, 0.05) is 6.54 Å². The van der Waals surface area contributed by atoms with Gasteiger partial charge in [-0.1, -0.05) is 19.8 Å². The summed E-state index contributed by atoms with van der Waals surface area (Å²) in [5.41, 5.74) is 1.74. The second-order valence-corrected chi connectivity index (χ2v) is 2.99. The number of hydrogen-bond acceptors (Lipinski definition) is 4. The van der Waals surface area contributed by atoms with Crippen LogP contribution in [0.4, 0.5) is 5.95 Å². The Kier molecular flexibility index (Phi) is 3.90. The average Bonchev–Trinajstić information content (AvgIpc) is 2.50. The summed E-state index contributed by atoms with van der Waals surface area (Å²) in [4.78, 5) is 4.01. The van der Waals surface area contributed by atoms with Crippen molar-refractivity contribution >= 4 is 17.5 Å². The van der Waals surface area contributed by atoms with Crippen molar-refractivity contribution in [1.82, 2.24) is 9.36 Å². The summed E-state index contributed by atoms with van der Waals surface area (Å²) in [5.74, 6) is 0.770. The number of hydrogen-bond donors (Lipinski definition) is 1. The van der Waals surface area contributed by atoms with Gasteiger partial charge in [-0.05, 0) is 18.0 Å². The maximum absolute atomic E-state index is 4.03. The molecule has 0 saturated carbocycles. The maximum Gasteiger partial charge on any atom is 0.234 e. The van der Waals surface area contributed by atoms with Gasteiger partial charge in [0.2, 0.25) is 5.95 Å². The van der Waals surface area contributed by atoms with E-state index < -0.39 is 0 Å². The highest BCUT2D eigenvalue weighted by atomic mass is 32.1. The Bertz CT molecular complexity index is 174. The first-order valence-corrected chi connectivity index (χ1v) is 4.77. The molecule has 1 aromatic rings. The van der Waals surface area contributed by atoms with Gasteiger partial charge in [0.05, 0.1) is 0 Å². The number of rotatable bonds is 5. The van der Waals surface area contributed by atoms with Crippen LogP contribution >= 0.6 is 11.5 Å². The molecule has 62 valence electrons. The van der Waals surface area contributed by atoms with Gasteiger partial charge >= 0.3 is 0 Å². The molecule has 0 saturated heterocycles. The molecule has 1 rings (SSSR count). The standard InChI is InChI=1S/C7H13N3S/c1-2-3-4-5-8-7-9-6-11-10-7/h6H,2-5H2,1H3,(H,8,10). The Hall–Kier alpha value is -0.640. The third kappa shape index (κ3) is 3.32. The first kappa shape index (κ1) is 8.46. The van der Waals surface area contributed by atoms with E-state index in [9.17, 15) is 0 Å². The molecule has 0 unspecified atom stereocenters. The van der Waals surface area contributed by atoms with Crippen molar-refractivity contribution in [2.45, 2.75) is 26.2 Å². The van der Waals surface area contributed by atoms with Crippen LogP contribution in [0.5, 0.6) is 0 Å². The minimum atomic E-state index is 0.770. The quantitative estimate of drug-likeness (QED) is 0.690. The summed E-state index contributed by atoms with van der Waals surface area (Å²) in [6.07, 6.45) is 3.74. The van der Waals surface area contributed by atoms with E-state index in [0.29, 0.717) is 0 Å². The smallest absolute Gasteiger partial charge is 0.234 e. The Morgan fingerprint density at radius 3 is 3.09 bits per heavy atom. The van der Waals surface area contributed by atoms with Gasteiger partial charge in [-0.15, -0.1) is 0 Å². The van der Waals surface area contributed by atoms with Crippen LogP contribution in [-0.4, -0.2) is 15.9 Å². The fourth-order valence-corrected chi connectivity index (χ4v) is 1.23. The van der Waals surface area contributed by atoms with Crippen molar-refractivity contribution in [3.63, 3.8) is 0 Å². The summed E-state index contributed by atoms with van der Waals surface area (Å²) in [5, 5.41) is 3.15. The van der Waals surface area contributed by atoms with Gasteiger partial charge in [0.25, 0.3) is 0 Å². The van der Waals surface area contributed by atoms with E-state index in [1.165, 1.54) is 30.8 Å². The topological polar surface area (TPSA) is 37.8 Å². The normalized spacial score (nSPS) is 9.91. The summed E-state index contributed by atoms with van der Waals surface area (Å²) in [6.45, 7) is 3.19. The van der Waals surface area contributed by atoms with Crippen LogP contribution in [-0.2, 0) is 0 Å². The molecular formula is C7H13N3S. The number of unbranched alkanes of at least 4 members (excludes halogenated alkanes) is 2. The zero-order valence-corrected chi connectivity index (χ0v) is 7.52. The molecule has 3 nitrogen and oxygen atoms in total. The van der Waals surface area contributed by atoms with Crippen molar-refractivity contribution in [3.05, 3.63) is 5.51 Å². The van der Waals surface area contributed by atoms with Crippen LogP contribution in [0.2, 0.25) is 0 Å². The molecule has 1 aromatic heterocycles. The molecule has 11 heavy (non-hydrogen) atoms. The van der Waals surface area contributed by atoms with Crippen LogP contribution in [0.1, 0.15) is 26.2 Å². The van der Waals surface area contributed by atoms with Crippen LogP contribution in [0.25, 0.3) is 0 Å². The average molecular weight is 171 g/mol. The lowest BCUT2D eigenvalue weighted by Crippen LogP contribution is -2.02. The Labute approximate surface area is 71.0 Å². The van der Waals surface area contributed by atoms with Crippen LogP contribution in [0.15, 0.2) is 5.51 Å². The van der Waals surface area contributed by atoms with Crippen molar-refractivity contribution < 1.29 is 0 Å². The molecule has 0 fully saturated rings. The molecule has 0 atom stereocenters. The van der Waals surface area contributed by atoms with E-state index in [-0.39, 0.29) is 0 Å². The molecule has 0 aliphatic rings. The Balaban J connectivity index is 2.04. The highest BCUT2D eigenvalue weighted by Crippen LogP contribution is 2.00. The second-order valence-electron chi connectivity index (χ2n) is 2.39. The van der Waals surface area contributed by atoms with E-state index in [1.54, 1.807) is 5.51 Å². The van der Waals surface area contributed by atoms with Crippen molar-refractivity contribution in [2.24, 2.45) is 0 Å². The number of nitrogens with zero attached hydrogens (tertiary/aromatic N) is 2. The number of anilines is 1. The van der Waals surface area contributed by atoms with E-state index in [2.05, 4.69) is 21.6 Å². The summed E-state index contributed by atoms with van der Waals surface area (Å²) >= 11 is 1.38. The van der Waals surface area contributed by atoms with E-state index in [1.807, 2.05) is 0 Å². The molecule has 0 bridgehead atoms. The van der Waals surface area contributed by atoms with Gasteiger partial charge in [-0.2, -0.15) is 4.37 Å². The zero-order valence-electron chi connectivity index (χ0n) is 6.71. The predicted molar refractivity (Wildman–Crippen MR) is 47.9 cm³/mol. The SMILES string of the molecule is CCCCCNc1ncsn1. The third-order valence-electron chi connectivity index (χ3n) is 1.42. The van der Waals surface area contributed by atoms with E-state index >= 15 is 0 Å². The lowest BCUT2D eigenvalue weighted by molar-refractivity contribution is 0.741. The minimum absolute atomic E-state index is 0.770. The van der Waals surface area contributed by atoms with Crippen molar-refractivity contribution in [2.75, 3.05) is 11.9 Å². The fourth-order valence-electron chi connectivity index (χ4n) is 0.824. The van der Waals surface area contributed by atoms with Gasteiger partial charge in [-0.3, -0.25) is 0 Å². The first-order chi connectivity index (χ1) is 5.43. The molecule has 0 aliphatic carbocycles. The van der Waals surface area contributed by atoms with Crippen LogP contribution in [0, 0.1) is 0 Å². The summed E-state index contributed by atoms with van der Waals surface area (Å²) < 4.78 is 4.03. The first-order valence-electron chi connectivity index (χ1n) is 3.93. The molecule has 0 aromatic carbocycles. The minimum Gasteiger partial charge on any atom is -0.353 e. The molecule has 0 radical (unpaired) electrons. The molecule has 0 spiro atoms. The monoisotopic (exact) mass is 171 g/mol. The third-order valence-corrected chi connectivity index (χ3v) is 1.90. The van der Waals surface area contributed by atoms with Gasteiger partial charge in [0.1, 0.15) is 5.51 Å². The van der Waals surface area contributed by atoms with Crippen LogP contribution in [0.3, 0.4) is 0 Å². The highest BCUT2D eigenvalue weighted by molar-refractivity contribution is 7.03. The lowest BCUT2D eigenvalue weighted by atomic mass is 10.2. The second kappa shape index (κ2) is 5.07. The molecule has 0 aliphatic heterocycles. The largest absolute Gasteiger partial charge is 0.353 e. The van der Waals surface area contributed by atoms with Gasteiger partial charge < -0.3 is 5.32 Å². The highest BCUT2D eigenvalue weighted by Gasteiger charge is 1.92. The van der Waals surface area contributed by atoms with E-state index in [4.69, 9.17) is 0 Å². The van der Waals surface area contributed by atoms with E-state index in [0.717, 1.165) is 12.5 Å². The lowest BCUT2D eigenvalue weighted by Gasteiger charge is -1.98. The molecular weight excluding hydrogens is 158 g/mol. The van der Waals surface area contributed by atoms with Crippen LogP contribution < -0.4 is 5.32 Å². The molecule has 4 heteroatoms. The predicted octanol–water partition coefficient (Wildman–Crippen LogP) is 2.14. The van der Waals surface area contributed by atoms with Gasteiger partial charge in [0.15, 0.2) is 0 Å². The molecule has 0 amide bonds. The molecule has 1 N–H and O–H groups in total. The van der Waals surface area contributed by atoms with Crippen molar-refractivity contribution in [1.29, 1.82) is 0 Å². The Morgan fingerprint density at radius 2 is 2.45 bits per heavy atom. The summed E-state index contributed by atoms with van der Waals surface area (Å²) in [6, 6.07) is 0. The van der Waals surface area contributed by atoms with Crippen molar-refractivity contribution in [3.8, 4) is 0 Å². The Morgan fingerprint density at radius 1 is 1.55 bits per heavy atom. The summed E-state index contributed by atoms with van der Waals surface area (Å²) in [7, 11) is 0. The van der Waals surface area contributed by atoms with Gasteiger partial charge in [-0.25, -0.2) is 4.98 Å². The fraction of sp³-hybridized carbons (Fsp3) is 0.714. The maximum atomic E-state index is 4.03. The zero-order chi connectivity index (χ0) is 7.94.